The Bertz CT molecular complexity index is 2080. The summed E-state index contributed by atoms with van der Waals surface area (Å²) in [4.78, 5) is 54.0. The normalized spacial score (nSPS) is 14.4. The van der Waals surface area contributed by atoms with E-state index in [9.17, 15) is 36.0 Å². The van der Waals surface area contributed by atoms with Gasteiger partial charge in [0.25, 0.3) is 23.6 Å². The van der Waals surface area contributed by atoms with Gasteiger partial charge in [0.2, 0.25) is 20.0 Å². The van der Waals surface area contributed by atoms with Gasteiger partial charge in [-0.15, -0.1) is 0 Å². The molecule has 0 aliphatic carbocycles. The first-order chi connectivity index (χ1) is 26.3. The molecule has 288 valence electrons. The Balaban J connectivity index is 1.12. The van der Waals surface area contributed by atoms with Crippen molar-refractivity contribution in [3.63, 3.8) is 0 Å². The van der Waals surface area contributed by atoms with Gasteiger partial charge < -0.3 is 0 Å². The van der Waals surface area contributed by atoms with E-state index in [2.05, 4.69) is 0 Å². The fourth-order valence-corrected chi connectivity index (χ4v) is 9.88. The van der Waals surface area contributed by atoms with E-state index in [0.29, 0.717) is 47.9 Å². The summed E-state index contributed by atoms with van der Waals surface area (Å²) in [6.45, 7) is 4.18. The number of imide groups is 2. The van der Waals surface area contributed by atoms with E-state index >= 15 is 0 Å². The summed E-state index contributed by atoms with van der Waals surface area (Å²) in [6, 6.07) is 26.3. The third-order valence-corrected chi connectivity index (χ3v) is 13.8. The number of nitrogens with zero attached hydrogens (tertiary/aromatic N) is 4. The van der Waals surface area contributed by atoms with Crippen molar-refractivity contribution < 1.29 is 36.0 Å². The van der Waals surface area contributed by atoms with Crippen LogP contribution < -0.4 is 0 Å². The summed E-state index contributed by atoms with van der Waals surface area (Å²) in [5.74, 6) is -1.49. The van der Waals surface area contributed by atoms with Crippen LogP contribution in [0.3, 0.4) is 0 Å². The van der Waals surface area contributed by atoms with E-state index < -0.39 is 20.0 Å². The van der Waals surface area contributed by atoms with Gasteiger partial charge in [0, 0.05) is 39.3 Å². The van der Waals surface area contributed by atoms with Crippen LogP contribution >= 0.6 is 0 Å². The Labute approximate surface area is 322 Å². The minimum absolute atomic E-state index is 0.0121. The Morgan fingerprint density at radius 3 is 1.02 bits per heavy atom. The Kier molecular flexibility index (Phi) is 12.1. The van der Waals surface area contributed by atoms with Crippen LogP contribution in [0.25, 0.3) is 0 Å². The maximum atomic E-state index is 14.0. The van der Waals surface area contributed by atoms with Crippen LogP contribution in [-0.4, -0.2) is 98.1 Å². The summed E-state index contributed by atoms with van der Waals surface area (Å²) < 4.78 is 58.5. The molecule has 0 unspecified atom stereocenters. The van der Waals surface area contributed by atoms with Gasteiger partial charge in [-0.1, -0.05) is 59.7 Å². The first-order valence-corrected chi connectivity index (χ1v) is 21.2. The quantitative estimate of drug-likeness (QED) is 0.0946. The largest absolute Gasteiger partial charge is 0.274 e. The first-order valence-electron chi connectivity index (χ1n) is 18.3. The second-order valence-electron chi connectivity index (χ2n) is 13.8. The lowest BCUT2D eigenvalue weighted by atomic mass is 10.1. The minimum atomic E-state index is -3.99. The molecule has 14 heteroatoms. The van der Waals surface area contributed by atoms with Crippen LogP contribution in [0, 0.1) is 13.8 Å². The number of fused-ring (bicyclic) bond motifs is 2. The summed E-state index contributed by atoms with van der Waals surface area (Å²) in [5.41, 5.74) is 3.20. The highest BCUT2D eigenvalue weighted by Crippen LogP contribution is 2.25. The second kappa shape index (κ2) is 16.8. The maximum absolute atomic E-state index is 14.0. The molecule has 0 bridgehead atoms. The zero-order valence-electron chi connectivity index (χ0n) is 30.9. The van der Waals surface area contributed by atoms with Gasteiger partial charge in [-0.25, -0.2) is 16.8 Å². The van der Waals surface area contributed by atoms with Crippen molar-refractivity contribution in [1.82, 2.24) is 18.4 Å². The van der Waals surface area contributed by atoms with Crippen LogP contribution in [0.5, 0.6) is 0 Å². The summed E-state index contributed by atoms with van der Waals surface area (Å²) in [6.07, 6.45) is 1.61. The van der Waals surface area contributed by atoms with Crippen LogP contribution in [0.2, 0.25) is 0 Å². The van der Waals surface area contributed by atoms with Crippen LogP contribution in [-0.2, 0) is 20.0 Å². The first kappa shape index (κ1) is 39.7. The number of aryl methyl sites for hydroxylation is 2. The van der Waals surface area contributed by atoms with Crippen molar-refractivity contribution in [2.24, 2.45) is 0 Å². The van der Waals surface area contributed by atoms with Crippen molar-refractivity contribution in [3.05, 3.63) is 130 Å². The lowest BCUT2D eigenvalue weighted by Crippen LogP contribution is -2.38. The Morgan fingerprint density at radius 2 is 0.709 bits per heavy atom. The summed E-state index contributed by atoms with van der Waals surface area (Å²) in [7, 11) is -7.98. The molecule has 4 amide bonds. The molecule has 6 rings (SSSR count). The topological polar surface area (TPSA) is 150 Å². The lowest BCUT2D eigenvalue weighted by Gasteiger charge is -2.26. The number of amides is 4. The smallest absolute Gasteiger partial charge is 0.261 e. The van der Waals surface area contributed by atoms with Crippen LogP contribution in [0.15, 0.2) is 107 Å². The van der Waals surface area contributed by atoms with E-state index in [4.69, 9.17) is 0 Å². The van der Waals surface area contributed by atoms with E-state index in [0.717, 1.165) is 11.1 Å². The van der Waals surface area contributed by atoms with Gasteiger partial charge in [0.05, 0.1) is 32.0 Å². The molecule has 0 atom stereocenters. The third kappa shape index (κ3) is 8.47. The standard InChI is InChI=1S/C41H44N4O8S2/c1-30-16-20-32(21-17-30)54(50,51)42(24-7-9-28-44-38(46)34-12-3-4-13-35(34)39(44)47)26-11-27-43(55(52,53)33-22-18-31(2)19-23-33)25-8-10-29-45-40(48)36-14-5-6-15-37(36)41(45)49/h3-6,12-23H,7-11,24-29H2,1-2H3. The maximum Gasteiger partial charge on any atom is 0.261 e. The molecule has 0 radical (unpaired) electrons. The van der Waals surface area contributed by atoms with E-state index in [1.807, 2.05) is 13.8 Å². The molecule has 2 aliphatic rings. The molecule has 4 aromatic carbocycles. The molecule has 4 aromatic rings. The van der Waals surface area contributed by atoms with Gasteiger partial charge in [-0.3, -0.25) is 29.0 Å². The molecule has 0 saturated carbocycles. The van der Waals surface area contributed by atoms with Crippen LogP contribution in [0.4, 0.5) is 0 Å². The zero-order valence-corrected chi connectivity index (χ0v) is 32.5. The Morgan fingerprint density at radius 1 is 0.418 bits per heavy atom. The number of unbranched alkanes of at least 4 members (excludes halogenated alkanes) is 2. The van der Waals surface area contributed by atoms with Gasteiger partial charge in [-0.2, -0.15) is 8.61 Å². The molecular formula is C41H44N4O8S2. The molecular weight excluding hydrogens is 741 g/mol. The number of rotatable bonds is 18. The molecule has 0 N–H and O–H groups in total. The Hall–Kier alpha value is -5.02. The van der Waals surface area contributed by atoms with E-state index in [-0.39, 0.29) is 79.1 Å². The average molecular weight is 785 g/mol. The van der Waals surface area contributed by atoms with Gasteiger partial charge in [0.15, 0.2) is 0 Å². The average Bonchev–Trinajstić information content (AvgIpc) is 3.56. The second-order valence-corrected chi connectivity index (χ2v) is 17.7. The molecule has 12 nitrogen and oxygen atoms in total. The van der Waals surface area contributed by atoms with Crippen molar-refractivity contribution >= 4 is 43.7 Å². The number of sulfonamides is 2. The van der Waals surface area contributed by atoms with Crippen molar-refractivity contribution in [2.75, 3.05) is 39.3 Å². The van der Waals surface area contributed by atoms with E-state index in [1.165, 1.54) is 18.4 Å². The summed E-state index contributed by atoms with van der Waals surface area (Å²) in [5, 5.41) is 0. The van der Waals surface area contributed by atoms with Gasteiger partial charge in [-0.05, 0) is 94.5 Å². The fraction of sp³-hybridized carbons (Fsp3) is 0.317. The predicted octanol–water partition coefficient (Wildman–Crippen LogP) is 5.53. The van der Waals surface area contributed by atoms with Crippen molar-refractivity contribution in [2.45, 2.75) is 55.7 Å². The van der Waals surface area contributed by atoms with Gasteiger partial charge in [0.1, 0.15) is 0 Å². The zero-order chi connectivity index (χ0) is 39.3. The highest BCUT2D eigenvalue weighted by Gasteiger charge is 2.36. The molecule has 0 saturated heterocycles. The number of carbonyl (C=O) groups excluding carboxylic acids is 4. The molecule has 55 heavy (non-hydrogen) atoms. The number of hydrogen-bond donors (Lipinski definition) is 0. The fourth-order valence-electron chi connectivity index (χ4n) is 6.85. The minimum Gasteiger partial charge on any atom is -0.274 e. The molecule has 2 aliphatic heterocycles. The number of hydrogen-bond acceptors (Lipinski definition) is 8. The molecule has 0 aromatic heterocycles. The molecule has 2 heterocycles. The van der Waals surface area contributed by atoms with Gasteiger partial charge >= 0.3 is 0 Å². The molecule has 0 spiro atoms. The van der Waals surface area contributed by atoms with E-state index in [1.54, 1.807) is 97.1 Å². The van der Waals surface area contributed by atoms with Crippen molar-refractivity contribution in [3.8, 4) is 0 Å². The number of benzene rings is 4. The monoisotopic (exact) mass is 784 g/mol. The molecule has 0 fully saturated rings. The highest BCUT2D eigenvalue weighted by atomic mass is 32.2. The third-order valence-electron chi connectivity index (χ3n) is 9.97. The number of carbonyl (C=O) groups is 4. The highest BCUT2D eigenvalue weighted by molar-refractivity contribution is 7.89. The van der Waals surface area contributed by atoms with Crippen molar-refractivity contribution in [1.29, 1.82) is 0 Å². The predicted molar refractivity (Wildman–Crippen MR) is 207 cm³/mol. The lowest BCUT2D eigenvalue weighted by molar-refractivity contribution is 0.0636. The van der Waals surface area contributed by atoms with Crippen LogP contribution in [0.1, 0.15) is 84.7 Å². The summed E-state index contributed by atoms with van der Waals surface area (Å²) >= 11 is 0. The SMILES string of the molecule is Cc1ccc(S(=O)(=O)N(CCCCN2C(=O)c3ccccc3C2=O)CCCN(CCCCN2C(=O)c3ccccc3C2=O)S(=O)(=O)c2ccc(C)cc2)cc1.